The summed E-state index contributed by atoms with van der Waals surface area (Å²) in [5.74, 6) is 0.277. The summed E-state index contributed by atoms with van der Waals surface area (Å²) in [6, 6.07) is 5.46. The average Bonchev–Trinajstić information content (AvgIpc) is 2.23. The van der Waals surface area contributed by atoms with E-state index in [9.17, 15) is 10.2 Å². The second-order valence-corrected chi connectivity index (χ2v) is 3.87. The summed E-state index contributed by atoms with van der Waals surface area (Å²) in [4.78, 5) is 0. The Kier molecular flexibility index (Phi) is 5.25. The fourth-order valence-corrected chi connectivity index (χ4v) is 1.48. The van der Waals surface area contributed by atoms with Crippen molar-refractivity contribution in [2.45, 2.75) is 19.6 Å². The largest absolute Gasteiger partial charge is 0.508 e. The van der Waals surface area contributed by atoms with Crippen LogP contribution in [-0.2, 0) is 11.3 Å². The van der Waals surface area contributed by atoms with Crippen molar-refractivity contribution in [3.8, 4) is 5.75 Å². The van der Waals surface area contributed by atoms with Crippen molar-refractivity contribution in [2.75, 3.05) is 20.3 Å². The molecule has 1 aromatic carbocycles. The molecule has 0 fully saturated rings. The number of phenols is 1. The molecule has 0 aliphatic rings. The summed E-state index contributed by atoms with van der Waals surface area (Å²) < 4.78 is 4.81. The molecule has 3 N–H and O–H groups in total. The molecule has 4 heteroatoms. The van der Waals surface area contributed by atoms with Gasteiger partial charge in [-0.3, -0.25) is 0 Å². The van der Waals surface area contributed by atoms with Crippen LogP contribution < -0.4 is 5.32 Å². The molecule has 0 radical (unpaired) electrons. The molecule has 1 aromatic rings. The first-order valence-corrected chi connectivity index (χ1v) is 5.29. The van der Waals surface area contributed by atoms with Crippen LogP contribution in [0.25, 0.3) is 0 Å². The summed E-state index contributed by atoms with van der Waals surface area (Å²) in [5.41, 5.74) is 1.94. The van der Waals surface area contributed by atoms with Crippen LogP contribution in [0.3, 0.4) is 0 Å². The first kappa shape index (κ1) is 13.0. The third-order valence-corrected chi connectivity index (χ3v) is 2.29. The Bertz CT molecular complexity index is 328. The first-order valence-electron chi connectivity index (χ1n) is 5.29. The summed E-state index contributed by atoms with van der Waals surface area (Å²) >= 11 is 0. The van der Waals surface area contributed by atoms with Gasteiger partial charge in [0.2, 0.25) is 0 Å². The van der Waals surface area contributed by atoms with Gasteiger partial charge in [0.1, 0.15) is 5.75 Å². The number of aliphatic hydroxyl groups excluding tert-OH is 1. The van der Waals surface area contributed by atoms with Crippen LogP contribution in [0.15, 0.2) is 18.2 Å². The van der Waals surface area contributed by atoms with E-state index >= 15 is 0 Å². The highest BCUT2D eigenvalue weighted by atomic mass is 16.5. The highest BCUT2D eigenvalue weighted by molar-refractivity contribution is 5.35. The van der Waals surface area contributed by atoms with Gasteiger partial charge in [0, 0.05) is 25.8 Å². The zero-order valence-corrected chi connectivity index (χ0v) is 9.73. The van der Waals surface area contributed by atoms with Crippen LogP contribution in [0, 0.1) is 6.92 Å². The SMILES string of the molecule is COCC(O)CNCc1cc(C)ccc1O. The molecule has 16 heavy (non-hydrogen) atoms. The van der Waals surface area contributed by atoms with Crippen molar-refractivity contribution < 1.29 is 14.9 Å². The second-order valence-electron chi connectivity index (χ2n) is 3.87. The minimum absolute atomic E-state index is 0.277. The predicted octanol–water partition coefficient (Wildman–Crippen LogP) is 0.798. The van der Waals surface area contributed by atoms with Crippen molar-refractivity contribution in [3.63, 3.8) is 0 Å². The van der Waals surface area contributed by atoms with Gasteiger partial charge in [-0.1, -0.05) is 17.7 Å². The monoisotopic (exact) mass is 225 g/mol. The fraction of sp³-hybridized carbons (Fsp3) is 0.500. The van der Waals surface area contributed by atoms with Crippen LogP contribution in [0.2, 0.25) is 0 Å². The van der Waals surface area contributed by atoms with Crippen molar-refractivity contribution in [3.05, 3.63) is 29.3 Å². The molecule has 1 atom stereocenters. The smallest absolute Gasteiger partial charge is 0.120 e. The third kappa shape index (κ3) is 4.18. The number of rotatable bonds is 6. The van der Waals surface area contributed by atoms with Gasteiger partial charge < -0.3 is 20.3 Å². The summed E-state index contributed by atoms with van der Waals surface area (Å²) in [6.45, 7) is 3.27. The lowest BCUT2D eigenvalue weighted by molar-refractivity contribution is 0.0644. The van der Waals surface area contributed by atoms with Gasteiger partial charge in [-0.05, 0) is 13.0 Å². The van der Waals surface area contributed by atoms with E-state index in [0.29, 0.717) is 19.7 Å². The molecule has 4 nitrogen and oxygen atoms in total. The topological polar surface area (TPSA) is 61.7 Å². The van der Waals surface area contributed by atoms with Gasteiger partial charge in [-0.2, -0.15) is 0 Å². The van der Waals surface area contributed by atoms with E-state index < -0.39 is 6.10 Å². The Morgan fingerprint density at radius 2 is 2.19 bits per heavy atom. The number of nitrogens with one attached hydrogen (secondary N) is 1. The maximum absolute atomic E-state index is 9.58. The number of hydrogen-bond donors (Lipinski definition) is 3. The molecule has 0 saturated heterocycles. The Balaban J connectivity index is 2.39. The molecule has 0 spiro atoms. The standard InChI is InChI=1S/C12H19NO3/c1-9-3-4-12(15)10(5-9)6-13-7-11(14)8-16-2/h3-5,11,13-15H,6-8H2,1-2H3. The highest BCUT2D eigenvalue weighted by Gasteiger charge is 2.04. The van der Waals surface area contributed by atoms with E-state index in [2.05, 4.69) is 5.32 Å². The molecule has 0 bridgehead atoms. The Hall–Kier alpha value is -1.10. The van der Waals surface area contributed by atoms with Gasteiger partial charge in [0.25, 0.3) is 0 Å². The number of aliphatic hydroxyl groups is 1. The highest BCUT2D eigenvalue weighted by Crippen LogP contribution is 2.17. The number of phenolic OH excluding ortho intramolecular Hbond substituents is 1. The summed E-state index contributed by atoms with van der Waals surface area (Å²) in [6.07, 6.45) is -0.517. The van der Waals surface area contributed by atoms with Gasteiger partial charge in [-0.25, -0.2) is 0 Å². The number of benzene rings is 1. The van der Waals surface area contributed by atoms with Crippen molar-refractivity contribution in [2.24, 2.45) is 0 Å². The van der Waals surface area contributed by atoms with Crippen molar-refractivity contribution >= 4 is 0 Å². The number of ether oxygens (including phenoxy) is 1. The molecular weight excluding hydrogens is 206 g/mol. The molecular formula is C12H19NO3. The van der Waals surface area contributed by atoms with Gasteiger partial charge in [0.15, 0.2) is 0 Å². The number of methoxy groups -OCH3 is 1. The number of aryl methyl sites for hydroxylation is 1. The fourth-order valence-electron chi connectivity index (χ4n) is 1.48. The van der Waals surface area contributed by atoms with Crippen molar-refractivity contribution in [1.29, 1.82) is 0 Å². The van der Waals surface area contributed by atoms with Crippen LogP contribution in [0.5, 0.6) is 5.75 Å². The third-order valence-electron chi connectivity index (χ3n) is 2.29. The zero-order valence-electron chi connectivity index (χ0n) is 9.73. The number of aromatic hydroxyl groups is 1. The second kappa shape index (κ2) is 6.48. The molecule has 0 aromatic heterocycles. The normalized spacial score (nSPS) is 12.7. The molecule has 0 aliphatic heterocycles. The Morgan fingerprint density at radius 1 is 1.44 bits per heavy atom. The molecule has 1 rings (SSSR count). The van der Waals surface area contributed by atoms with E-state index in [-0.39, 0.29) is 5.75 Å². The maximum atomic E-state index is 9.58. The zero-order chi connectivity index (χ0) is 12.0. The lowest BCUT2D eigenvalue weighted by Crippen LogP contribution is -2.29. The van der Waals surface area contributed by atoms with E-state index in [1.54, 1.807) is 13.2 Å². The number of hydrogen-bond acceptors (Lipinski definition) is 4. The van der Waals surface area contributed by atoms with Gasteiger partial charge in [-0.15, -0.1) is 0 Å². The van der Waals surface area contributed by atoms with E-state index in [1.165, 1.54) is 0 Å². The Morgan fingerprint density at radius 3 is 2.88 bits per heavy atom. The maximum Gasteiger partial charge on any atom is 0.120 e. The molecule has 0 amide bonds. The quantitative estimate of drug-likeness (QED) is 0.670. The van der Waals surface area contributed by atoms with Crippen LogP contribution >= 0.6 is 0 Å². The van der Waals surface area contributed by atoms with Crippen LogP contribution in [0.4, 0.5) is 0 Å². The van der Waals surface area contributed by atoms with Gasteiger partial charge in [0.05, 0.1) is 12.7 Å². The van der Waals surface area contributed by atoms with Gasteiger partial charge >= 0.3 is 0 Å². The predicted molar refractivity (Wildman–Crippen MR) is 62.4 cm³/mol. The van der Waals surface area contributed by atoms with E-state index in [1.807, 2.05) is 19.1 Å². The van der Waals surface area contributed by atoms with Crippen molar-refractivity contribution in [1.82, 2.24) is 5.32 Å². The average molecular weight is 225 g/mol. The minimum Gasteiger partial charge on any atom is -0.508 e. The minimum atomic E-state index is -0.517. The molecule has 1 unspecified atom stereocenters. The first-order chi connectivity index (χ1) is 7.63. The molecule has 0 aliphatic carbocycles. The molecule has 0 heterocycles. The van der Waals surface area contributed by atoms with Crippen LogP contribution in [-0.4, -0.2) is 36.6 Å². The summed E-state index contributed by atoms with van der Waals surface area (Å²) in [7, 11) is 1.55. The molecule has 90 valence electrons. The van der Waals surface area contributed by atoms with Crippen LogP contribution in [0.1, 0.15) is 11.1 Å². The summed E-state index contributed by atoms with van der Waals surface area (Å²) in [5, 5.41) is 22.0. The van der Waals surface area contributed by atoms with E-state index in [4.69, 9.17) is 4.74 Å². The lowest BCUT2D eigenvalue weighted by atomic mass is 10.1. The molecule has 0 saturated carbocycles. The lowest BCUT2D eigenvalue weighted by Gasteiger charge is -2.11. The van der Waals surface area contributed by atoms with E-state index in [0.717, 1.165) is 11.1 Å². The Labute approximate surface area is 95.9 Å².